The fourth-order valence-corrected chi connectivity index (χ4v) is 2.64. The molecule has 106 valence electrons. The summed E-state index contributed by atoms with van der Waals surface area (Å²) in [5.74, 6) is 0. The van der Waals surface area contributed by atoms with E-state index in [2.05, 4.69) is 65.4 Å². The molecule has 0 saturated heterocycles. The molecule has 0 aliphatic carbocycles. The number of nitrogens with one attached hydrogen (secondary N) is 1. The van der Waals surface area contributed by atoms with Gasteiger partial charge in [-0.25, -0.2) is 0 Å². The SMILES string of the molecule is COCc1c(Br)cccc1NC(C)c1ccc(C)cc1. The Balaban J connectivity index is 2.21. The summed E-state index contributed by atoms with van der Waals surface area (Å²) in [5.41, 5.74) is 4.81. The summed E-state index contributed by atoms with van der Waals surface area (Å²) in [6.07, 6.45) is 0. The molecule has 0 bridgehead atoms. The second-order valence-corrected chi connectivity index (χ2v) is 5.83. The van der Waals surface area contributed by atoms with Crippen molar-refractivity contribution in [3.63, 3.8) is 0 Å². The van der Waals surface area contributed by atoms with E-state index in [9.17, 15) is 0 Å². The summed E-state index contributed by atoms with van der Waals surface area (Å²) in [5, 5.41) is 3.56. The van der Waals surface area contributed by atoms with E-state index in [0.29, 0.717) is 6.61 Å². The normalized spacial score (nSPS) is 12.2. The third-order valence-electron chi connectivity index (χ3n) is 3.36. The van der Waals surface area contributed by atoms with Crippen LogP contribution >= 0.6 is 15.9 Å². The maximum atomic E-state index is 5.28. The average Bonchev–Trinajstić information content (AvgIpc) is 2.43. The number of benzene rings is 2. The van der Waals surface area contributed by atoms with Crippen LogP contribution in [0.15, 0.2) is 46.9 Å². The highest BCUT2D eigenvalue weighted by molar-refractivity contribution is 9.10. The Hall–Kier alpha value is -1.32. The maximum Gasteiger partial charge on any atom is 0.0744 e. The molecular weight excluding hydrogens is 314 g/mol. The van der Waals surface area contributed by atoms with Crippen molar-refractivity contribution in [3.05, 3.63) is 63.6 Å². The molecule has 0 aliphatic rings. The predicted molar refractivity (Wildman–Crippen MR) is 88.1 cm³/mol. The van der Waals surface area contributed by atoms with Crippen molar-refractivity contribution in [2.24, 2.45) is 0 Å². The number of halogens is 1. The molecule has 0 radical (unpaired) electrons. The van der Waals surface area contributed by atoms with Crippen molar-refractivity contribution in [2.45, 2.75) is 26.5 Å². The third kappa shape index (κ3) is 3.62. The van der Waals surface area contributed by atoms with Gasteiger partial charge in [0.05, 0.1) is 6.61 Å². The van der Waals surface area contributed by atoms with Crippen molar-refractivity contribution in [3.8, 4) is 0 Å². The zero-order chi connectivity index (χ0) is 14.5. The van der Waals surface area contributed by atoms with Crippen LogP contribution < -0.4 is 5.32 Å². The molecule has 1 atom stereocenters. The Bertz CT molecular complexity index is 566. The first-order valence-corrected chi connectivity index (χ1v) is 7.50. The topological polar surface area (TPSA) is 21.3 Å². The van der Waals surface area contributed by atoms with Gasteiger partial charge in [-0.15, -0.1) is 0 Å². The van der Waals surface area contributed by atoms with Crippen molar-refractivity contribution in [2.75, 3.05) is 12.4 Å². The van der Waals surface area contributed by atoms with Gasteiger partial charge in [-0.1, -0.05) is 51.8 Å². The second kappa shape index (κ2) is 6.91. The van der Waals surface area contributed by atoms with E-state index in [0.717, 1.165) is 15.7 Å². The summed E-state index contributed by atoms with van der Waals surface area (Å²) >= 11 is 3.58. The molecule has 2 nitrogen and oxygen atoms in total. The van der Waals surface area contributed by atoms with Crippen LogP contribution in [0, 0.1) is 6.92 Å². The number of ether oxygens (including phenoxy) is 1. The first-order chi connectivity index (χ1) is 9.61. The van der Waals surface area contributed by atoms with Gasteiger partial charge in [0, 0.05) is 28.9 Å². The predicted octanol–water partition coefficient (Wildman–Crippen LogP) is 5.08. The smallest absolute Gasteiger partial charge is 0.0744 e. The fraction of sp³-hybridized carbons (Fsp3) is 0.294. The van der Waals surface area contributed by atoms with Crippen LogP contribution in [0.3, 0.4) is 0 Å². The van der Waals surface area contributed by atoms with Gasteiger partial charge in [-0.3, -0.25) is 0 Å². The van der Waals surface area contributed by atoms with E-state index in [1.165, 1.54) is 11.1 Å². The Kier molecular flexibility index (Phi) is 5.21. The number of anilines is 1. The second-order valence-electron chi connectivity index (χ2n) is 4.98. The van der Waals surface area contributed by atoms with Gasteiger partial charge in [-0.2, -0.15) is 0 Å². The zero-order valence-corrected chi connectivity index (χ0v) is 13.7. The molecule has 1 N–H and O–H groups in total. The number of hydrogen-bond acceptors (Lipinski definition) is 2. The highest BCUT2D eigenvalue weighted by Gasteiger charge is 2.10. The van der Waals surface area contributed by atoms with Gasteiger partial charge >= 0.3 is 0 Å². The van der Waals surface area contributed by atoms with Gasteiger partial charge in [-0.05, 0) is 31.5 Å². The molecule has 2 rings (SSSR count). The molecule has 0 aliphatic heterocycles. The molecule has 2 aromatic rings. The van der Waals surface area contributed by atoms with E-state index in [-0.39, 0.29) is 6.04 Å². The minimum atomic E-state index is 0.250. The van der Waals surface area contributed by atoms with Gasteiger partial charge in [0.15, 0.2) is 0 Å². The Morgan fingerprint density at radius 2 is 1.85 bits per heavy atom. The number of aryl methyl sites for hydroxylation is 1. The monoisotopic (exact) mass is 333 g/mol. The lowest BCUT2D eigenvalue weighted by molar-refractivity contribution is 0.185. The van der Waals surface area contributed by atoms with E-state index in [1.54, 1.807) is 7.11 Å². The van der Waals surface area contributed by atoms with Crippen LogP contribution in [-0.4, -0.2) is 7.11 Å². The Morgan fingerprint density at radius 3 is 2.50 bits per heavy atom. The lowest BCUT2D eigenvalue weighted by atomic mass is 10.1. The standard InChI is InChI=1S/C17H20BrNO/c1-12-7-9-14(10-8-12)13(2)19-17-6-4-5-16(18)15(17)11-20-3/h4-10,13,19H,11H2,1-3H3. The van der Waals surface area contributed by atoms with E-state index in [4.69, 9.17) is 4.74 Å². The lowest BCUT2D eigenvalue weighted by Crippen LogP contribution is -2.09. The molecule has 3 heteroatoms. The molecule has 1 unspecified atom stereocenters. The zero-order valence-electron chi connectivity index (χ0n) is 12.1. The number of methoxy groups -OCH3 is 1. The fourth-order valence-electron chi connectivity index (χ4n) is 2.16. The average molecular weight is 334 g/mol. The molecule has 0 spiro atoms. The van der Waals surface area contributed by atoms with Gasteiger partial charge in [0.2, 0.25) is 0 Å². The Labute approximate surface area is 129 Å². The van der Waals surface area contributed by atoms with E-state index in [1.807, 2.05) is 12.1 Å². The number of rotatable bonds is 5. The van der Waals surface area contributed by atoms with Crippen LogP contribution in [0.4, 0.5) is 5.69 Å². The molecule has 0 fully saturated rings. The number of hydrogen-bond donors (Lipinski definition) is 1. The van der Waals surface area contributed by atoms with E-state index >= 15 is 0 Å². The van der Waals surface area contributed by atoms with Crippen molar-refractivity contribution in [1.82, 2.24) is 0 Å². The van der Waals surface area contributed by atoms with Gasteiger partial charge in [0.25, 0.3) is 0 Å². The molecule has 0 saturated carbocycles. The van der Waals surface area contributed by atoms with Crippen LogP contribution in [0.5, 0.6) is 0 Å². The first kappa shape index (κ1) is 15.1. The largest absolute Gasteiger partial charge is 0.380 e. The minimum Gasteiger partial charge on any atom is -0.380 e. The maximum absolute atomic E-state index is 5.28. The van der Waals surface area contributed by atoms with E-state index < -0.39 is 0 Å². The van der Waals surface area contributed by atoms with Gasteiger partial charge < -0.3 is 10.1 Å². The summed E-state index contributed by atoms with van der Waals surface area (Å²) in [4.78, 5) is 0. The molecule has 20 heavy (non-hydrogen) atoms. The molecule has 2 aromatic carbocycles. The van der Waals surface area contributed by atoms with Crippen molar-refractivity contribution < 1.29 is 4.74 Å². The highest BCUT2D eigenvalue weighted by atomic mass is 79.9. The lowest BCUT2D eigenvalue weighted by Gasteiger charge is -2.19. The van der Waals surface area contributed by atoms with Gasteiger partial charge in [0.1, 0.15) is 0 Å². The van der Waals surface area contributed by atoms with Crippen LogP contribution in [-0.2, 0) is 11.3 Å². The summed E-state index contributed by atoms with van der Waals surface area (Å²) < 4.78 is 6.35. The molecule has 0 heterocycles. The highest BCUT2D eigenvalue weighted by Crippen LogP contribution is 2.28. The first-order valence-electron chi connectivity index (χ1n) is 6.71. The quantitative estimate of drug-likeness (QED) is 0.824. The summed E-state index contributed by atoms with van der Waals surface area (Å²) in [6.45, 7) is 4.86. The summed E-state index contributed by atoms with van der Waals surface area (Å²) in [6, 6.07) is 15.0. The minimum absolute atomic E-state index is 0.250. The summed E-state index contributed by atoms with van der Waals surface area (Å²) in [7, 11) is 1.71. The molecule has 0 aromatic heterocycles. The van der Waals surface area contributed by atoms with Crippen molar-refractivity contribution >= 4 is 21.6 Å². The van der Waals surface area contributed by atoms with Crippen LogP contribution in [0.1, 0.15) is 29.7 Å². The molecule has 0 amide bonds. The van der Waals surface area contributed by atoms with Crippen LogP contribution in [0.25, 0.3) is 0 Å². The molecular formula is C17H20BrNO. The van der Waals surface area contributed by atoms with Crippen molar-refractivity contribution in [1.29, 1.82) is 0 Å². The third-order valence-corrected chi connectivity index (χ3v) is 4.10. The Morgan fingerprint density at radius 1 is 1.15 bits per heavy atom. The van der Waals surface area contributed by atoms with Crippen LogP contribution in [0.2, 0.25) is 0 Å².